The van der Waals surface area contributed by atoms with E-state index in [2.05, 4.69) is 15.5 Å². The number of H-pyrrole nitrogens is 1. The highest BCUT2D eigenvalue weighted by molar-refractivity contribution is 5.67. The van der Waals surface area contributed by atoms with Gasteiger partial charge in [-0.1, -0.05) is 5.16 Å². The molecule has 9 heteroatoms. The smallest absolute Gasteiger partial charge is 0.407 e. The Hall–Kier alpha value is -2.58. The fourth-order valence-corrected chi connectivity index (χ4v) is 1.78. The molecule has 1 atom stereocenters. The van der Waals surface area contributed by atoms with Crippen molar-refractivity contribution in [3.8, 4) is 0 Å². The van der Waals surface area contributed by atoms with Crippen LogP contribution in [0.3, 0.4) is 0 Å². The van der Waals surface area contributed by atoms with Gasteiger partial charge in [-0.05, 0) is 27.7 Å². The summed E-state index contributed by atoms with van der Waals surface area (Å²) in [5, 5.41) is 6.03. The lowest BCUT2D eigenvalue weighted by molar-refractivity contribution is -0.0173. The third-order valence-corrected chi connectivity index (χ3v) is 2.88. The van der Waals surface area contributed by atoms with Crippen LogP contribution in [0.2, 0.25) is 0 Å². The zero-order valence-electron chi connectivity index (χ0n) is 14.6. The average Bonchev–Trinajstić information content (AvgIpc) is 2.88. The molecule has 1 aliphatic rings. The number of carbonyl (C=O) groups is 1. The van der Waals surface area contributed by atoms with Crippen LogP contribution in [0.25, 0.3) is 0 Å². The first-order chi connectivity index (χ1) is 11.0. The second-order valence-corrected chi connectivity index (χ2v) is 6.52. The van der Waals surface area contributed by atoms with E-state index >= 15 is 0 Å². The SMILES string of the molecule is CC1(Cn2ccc(=O)[nH]c2=O)CC=NO1.CNC(=O)OC(C)(C)C. The number of rotatable bonds is 2. The molecule has 0 saturated heterocycles. The predicted molar refractivity (Wildman–Crippen MR) is 89.2 cm³/mol. The number of hydrogen-bond acceptors (Lipinski definition) is 6. The molecule has 2 rings (SSSR count). The van der Waals surface area contributed by atoms with E-state index in [0.717, 1.165) is 0 Å². The first-order valence-corrected chi connectivity index (χ1v) is 7.45. The summed E-state index contributed by atoms with van der Waals surface area (Å²) in [4.78, 5) is 40.0. The highest BCUT2D eigenvalue weighted by Gasteiger charge is 2.30. The fraction of sp³-hybridized carbons (Fsp3) is 0.600. The van der Waals surface area contributed by atoms with Crippen molar-refractivity contribution in [3.63, 3.8) is 0 Å². The molecule has 2 N–H and O–H groups in total. The number of hydrogen-bond donors (Lipinski definition) is 2. The van der Waals surface area contributed by atoms with Crippen molar-refractivity contribution in [2.24, 2.45) is 5.16 Å². The van der Waals surface area contributed by atoms with Gasteiger partial charge in [-0.2, -0.15) is 0 Å². The summed E-state index contributed by atoms with van der Waals surface area (Å²) >= 11 is 0. The van der Waals surface area contributed by atoms with Crippen LogP contribution in [-0.4, -0.2) is 40.1 Å². The van der Waals surface area contributed by atoms with Crippen LogP contribution in [0.5, 0.6) is 0 Å². The van der Waals surface area contributed by atoms with Crippen LogP contribution in [-0.2, 0) is 16.1 Å². The lowest BCUT2D eigenvalue weighted by Crippen LogP contribution is -2.37. The summed E-state index contributed by atoms with van der Waals surface area (Å²) < 4.78 is 6.24. The molecule has 1 unspecified atom stereocenters. The zero-order valence-corrected chi connectivity index (χ0v) is 14.6. The van der Waals surface area contributed by atoms with Crippen LogP contribution in [0.15, 0.2) is 27.0 Å². The lowest BCUT2D eigenvalue weighted by Gasteiger charge is -2.21. The molecule has 0 aromatic carbocycles. The summed E-state index contributed by atoms with van der Waals surface area (Å²) in [6.07, 6.45) is 3.38. The Morgan fingerprint density at radius 3 is 2.58 bits per heavy atom. The van der Waals surface area contributed by atoms with E-state index in [4.69, 9.17) is 9.57 Å². The number of aromatic amines is 1. The summed E-state index contributed by atoms with van der Waals surface area (Å²) in [6.45, 7) is 7.69. The molecule has 2 heterocycles. The Morgan fingerprint density at radius 1 is 1.50 bits per heavy atom. The summed E-state index contributed by atoms with van der Waals surface area (Å²) in [6, 6.07) is 1.31. The van der Waals surface area contributed by atoms with Crippen LogP contribution in [0, 0.1) is 0 Å². The Bertz CT molecular complexity index is 691. The van der Waals surface area contributed by atoms with Crippen LogP contribution < -0.4 is 16.6 Å². The first-order valence-electron chi connectivity index (χ1n) is 7.45. The largest absolute Gasteiger partial charge is 0.444 e. The Labute approximate surface area is 139 Å². The monoisotopic (exact) mass is 340 g/mol. The van der Waals surface area contributed by atoms with Crippen LogP contribution in [0.1, 0.15) is 34.1 Å². The molecule has 1 amide bonds. The van der Waals surface area contributed by atoms with Gasteiger partial charge in [0.1, 0.15) is 5.60 Å². The first kappa shape index (κ1) is 19.5. The highest BCUT2D eigenvalue weighted by atomic mass is 16.7. The van der Waals surface area contributed by atoms with Gasteiger partial charge in [0.05, 0.1) is 6.54 Å². The minimum atomic E-state index is -0.498. The van der Waals surface area contributed by atoms with E-state index in [1.54, 1.807) is 6.21 Å². The topological polar surface area (TPSA) is 115 Å². The van der Waals surface area contributed by atoms with Gasteiger partial charge in [0, 0.05) is 31.9 Å². The van der Waals surface area contributed by atoms with Gasteiger partial charge in [-0.25, -0.2) is 9.59 Å². The Kier molecular flexibility index (Phi) is 6.33. The predicted octanol–water partition coefficient (Wildman–Crippen LogP) is 0.842. The molecular weight excluding hydrogens is 316 g/mol. The maximum Gasteiger partial charge on any atom is 0.407 e. The van der Waals surface area contributed by atoms with Crippen molar-refractivity contribution in [1.29, 1.82) is 0 Å². The maximum absolute atomic E-state index is 11.4. The average molecular weight is 340 g/mol. The molecule has 0 saturated carbocycles. The number of aromatic nitrogens is 2. The zero-order chi connectivity index (χ0) is 18.4. The van der Waals surface area contributed by atoms with E-state index < -0.39 is 16.9 Å². The number of ether oxygens (including phenoxy) is 1. The molecule has 1 aliphatic heterocycles. The van der Waals surface area contributed by atoms with Crippen molar-refractivity contribution < 1.29 is 14.4 Å². The van der Waals surface area contributed by atoms with Crippen molar-refractivity contribution in [2.75, 3.05) is 7.05 Å². The molecule has 1 aromatic heterocycles. The van der Waals surface area contributed by atoms with E-state index in [9.17, 15) is 14.4 Å². The Balaban J connectivity index is 0.000000277. The number of alkyl carbamates (subject to hydrolysis) is 1. The van der Waals surface area contributed by atoms with Gasteiger partial charge in [-0.15, -0.1) is 0 Å². The Morgan fingerprint density at radius 2 is 2.17 bits per heavy atom. The molecular formula is C15H24N4O5. The standard InChI is InChI=1S/C9H11N3O3.C6H13NO2/c1-9(3-4-10-15-9)6-12-5-2-7(13)11-8(12)14;1-6(2,3)9-5(8)7-4/h2,4-5H,3,6H2,1H3,(H,11,13,14);1-4H3,(H,7,8). The number of oxime groups is 1. The van der Waals surface area contributed by atoms with Crippen molar-refractivity contribution in [1.82, 2.24) is 14.9 Å². The fourth-order valence-electron chi connectivity index (χ4n) is 1.78. The van der Waals surface area contributed by atoms with E-state index in [1.807, 2.05) is 27.7 Å². The van der Waals surface area contributed by atoms with Gasteiger partial charge in [0.2, 0.25) is 0 Å². The number of amides is 1. The minimum absolute atomic E-state index is 0.364. The second kappa shape index (κ2) is 7.80. The molecule has 0 spiro atoms. The molecule has 0 fully saturated rings. The van der Waals surface area contributed by atoms with Gasteiger partial charge < -0.3 is 14.9 Å². The summed E-state index contributed by atoms with van der Waals surface area (Å²) in [5.74, 6) is 0. The minimum Gasteiger partial charge on any atom is -0.444 e. The molecule has 1 aromatic rings. The van der Waals surface area contributed by atoms with Crippen LogP contribution in [0.4, 0.5) is 4.79 Å². The van der Waals surface area contributed by atoms with E-state index in [0.29, 0.717) is 13.0 Å². The summed E-state index contributed by atoms with van der Waals surface area (Å²) in [7, 11) is 1.54. The molecule has 9 nitrogen and oxygen atoms in total. The summed E-state index contributed by atoms with van der Waals surface area (Å²) in [5.41, 5.74) is -1.72. The van der Waals surface area contributed by atoms with Gasteiger partial charge in [0.15, 0.2) is 5.60 Å². The van der Waals surface area contributed by atoms with Crippen molar-refractivity contribution in [2.45, 2.75) is 51.9 Å². The molecule has 24 heavy (non-hydrogen) atoms. The van der Waals surface area contributed by atoms with Crippen molar-refractivity contribution >= 4 is 12.3 Å². The van der Waals surface area contributed by atoms with Gasteiger partial charge in [-0.3, -0.25) is 14.3 Å². The highest BCUT2D eigenvalue weighted by Crippen LogP contribution is 2.20. The van der Waals surface area contributed by atoms with E-state index in [-0.39, 0.29) is 11.7 Å². The molecule has 0 aliphatic carbocycles. The molecule has 0 radical (unpaired) electrons. The third-order valence-electron chi connectivity index (χ3n) is 2.88. The van der Waals surface area contributed by atoms with Crippen LogP contribution >= 0.6 is 0 Å². The third kappa shape index (κ3) is 6.67. The quantitative estimate of drug-likeness (QED) is 0.828. The number of nitrogens with one attached hydrogen (secondary N) is 2. The molecule has 0 bridgehead atoms. The number of nitrogens with zero attached hydrogens (tertiary/aromatic N) is 2. The normalized spacial score (nSPS) is 19.0. The molecule has 134 valence electrons. The van der Waals surface area contributed by atoms with Gasteiger partial charge in [0.25, 0.3) is 5.56 Å². The van der Waals surface area contributed by atoms with Gasteiger partial charge >= 0.3 is 11.8 Å². The van der Waals surface area contributed by atoms with Crippen molar-refractivity contribution in [3.05, 3.63) is 33.1 Å². The maximum atomic E-state index is 11.4. The van der Waals surface area contributed by atoms with E-state index in [1.165, 1.54) is 23.9 Å². The number of carbonyl (C=O) groups excluding carboxylic acids is 1. The lowest BCUT2D eigenvalue weighted by atomic mass is 10.0. The second-order valence-electron chi connectivity index (χ2n) is 6.52.